The number of imide groups is 1. The Labute approximate surface area is 249 Å². The lowest BCUT2D eigenvalue weighted by atomic mass is 9.76. The molecule has 2 aliphatic rings. The van der Waals surface area contributed by atoms with E-state index >= 15 is 0 Å². The van der Waals surface area contributed by atoms with Crippen molar-refractivity contribution in [2.45, 2.75) is 50.9 Å². The Hall–Kier alpha value is -4.63. The van der Waals surface area contributed by atoms with Crippen molar-refractivity contribution in [3.8, 4) is 11.5 Å². The quantitative estimate of drug-likeness (QED) is 0.254. The Balaban J connectivity index is 1.50. The molecular formula is C34H35N3O6. The van der Waals surface area contributed by atoms with Crippen molar-refractivity contribution in [3.63, 3.8) is 0 Å². The number of H-pyrrole nitrogens is 1. The molecule has 9 heteroatoms. The molecule has 2 aliphatic heterocycles. The molecule has 4 aromatic rings. The molecule has 9 nitrogen and oxygen atoms in total. The van der Waals surface area contributed by atoms with Crippen LogP contribution in [-0.4, -0.2) is 51.0 Å². The van der Waals surface area contributed by atoms with Crippen LogP contribution in [0.25, 0.3) is 10.9 Å². The Kier molecular flexibility index (Phi) is 7.01. The van der Waals surface area contributed by atoms with Gasteiger partial charge in [0, 0.05) is 40.7 Å². The lowest BCUT2D eigenvalue weighted by Gasteiger charge is -2.35. The topological polar surface area (TPSA) is 121 Å². The summed E-state index contributed by atoms with van der Waals surface area (Å²) in [6, 6.07) is 21.8. The number of carbonyl (C=O) groups excluding carboxylic acids is 2. The number of rotatable bonds is 8. The highest BCUT2D eigenvalue weighted by atomic mass is 16.5. The number of nitrogens with zero attached hydrogens (tertiary/aromatic N) is 1. The van der Waals surface area contributed by atoms with Crippen LogP contribution in [0, 0.1) is 11.8 Å². The summed E-state index contributed by atoms with van der Waals surface area (Å²) in [5.74, 6) is -3.37. The van der Waals surface area contributed by atoms with E-state index in [1.807, 2.05) is 54.6 Å². The minimum absolute atomic E-state index is 0.00874. The summed E-state index contributed by atoms with van der Waals surface area (Å²) in [6.07, 6.45) is 1.77. The number of aromatic amines is 1. The van der Waals surface area contributed by atoms with Crippen LogP contribution in [0.15, 0.2) is 79.0 Å². The summed E-state index contributed by atoms with van der Waals surface area (Å²) < 4.78 is 12.0. The number of aromatic nitrogens is 1. The number of carboxylic acids is 1. The van der Waals surface area contributed by atoms with E-state index in [0.29, 0.717) is 17.1 Å². The van der Waals surface area contributed by atoms with Crippen molar-refractivity contribution in [1.29, 1.82) is 0 Å². The first-order valence-electron chi connectivity index (χ1n) is 14.3. The van der Waals surface area contributed by atoms with Gasteiger partial charge >= 0.3 is 5.97 Å². The average molecular weight is 582 g/mol. The number of carbonyl (C=O) groups is 3. The fourth-order valence-electron chi connectivity index (χ4n) is 6.77. The van der Waals surface area contributed by atoms with E-state index in [0.717, 1.165) is 22.0 Å². The molecule has 2 fully saturated rings. The van der Waals surface area contributed by atoms with E-state index in [-0.39, 0.29) is 13.0 Å². The summed E-state index contributed by atoms with van der Waals surface area (Å²) in [5, 5.41) is 15.1. The van der Waals surface area contributed by atoms with Crippen molar-refractivity contribution >= 4 is 28.7 Å². The van der Waals surface area contributed by atoms with Gasteiger partial charge in [0.2, 0.25) is 11.8 Å². The second-order valence-electron chi connectivity index (χ2n) is 12.3. The number of carboxylic acid groups (broad SMARTS) is 1. The first-order valence-corrected chi connectivity index (χ1v) is 14.3. The number of methoxy groups -OCH3 is 1. The third-order valence-corrected chi connectivity index (χ3v) is 8.64. The highest BCUT2D eigenvalue weighted by Gasteiger charge is 2.69. The molecule has 6 rings (SSSR count). The van der Waals surface area contributed by atoms with Gasteiger partial charge in [-0.1, -0.05) is 60.7 Å². The molecule has 2 amide bonds. The number of aliphatic carboxylic acids is 1. The van der Waals surface area contributed by atoms with Crippen LogP contribution in [0.5, 0.6) is 11.5 Å². The number of amides is 2. The smallest absolute Gasteiger partial charge is 0.325 e. The summed E-state index contributed by atoms with van der Waals surface area (Å²) in [7, 11) is 1.53. The average Bonchev–Trinajstić information content (AvgIpc) is 3.63. The van der Waals surface area contributed by atoms with Crippen LogP contribution in [0.2, 0.25) is 0 Å². The van der Waals surface area contributed by atoms with Gasteiger partial charge in [-0.05, 0) is 44.0 Å². The molecule has 0 aliphatic carbocycles. The van der Waals surface area contributed by atoms with E-state index < -0.39 is 46.7 Å². The number of benzene rings is 3. The Morgan fingerprint density at radius 1 is 0.977 bits per heavy atom. The number of hydrogen-bond donors (Lipinski definition) is 3. The van der Waals surface area contributed by atoms with Gasteiger partial charge in [0.25, 0.3) is 0 Å². The van der Waals surface area contributed by atoms with E-state index in [9.17, 15) is 19.5 Å². The largest absolute Gasteiger partial charge is 0.493 e. The zero-order valence-electron chi connectivity index (χ0n) is 24.6. The number of ether oxygens (including phenoxy) is 2. The molecule has 4 unspecified atom stereocenters. The Morgan fingerprint density at radius 3 is 2.40 bits per heavy atom. The van der Waals surface area contributed by atoms with Crippen LogP contribution in [0.4, 0.5) is 0 Å². The second-order valence-corrected chi connectivity index (χ2v) is 12.3. The fraction of sp³-hybridized carbons (Fsp3) is 0.324. The van der Waals surface area contributed by atoms with Gasteiger partial charge in [-0.3, -0.25) is 24.6 Å². The number of para-hydroxylation sites is 2. The lowest BCUT2D eigenvalue weighted by Crippen LogP contribution is -2.58. The molecule has 4 atom stereocenters. The SMILES string of the molecule is COc1cccc(C2NC(Cc3c[nH]c4ccccc34)(C(=O)O)C3C(=O)N(C(C)(C)C)C(=O)C23)c1OCc1ccccc1. The van der Waals surface area contributed by atoms with E-state index in [1.165, 1.54) is 12.0 Å². The summed E-state index contributed by atoms with van der Waals surface area (Å²) in [4.78, 5) is 46.3. The number of fused-ring (bicyclic) bond motifs is 2. The zero-order valence-corrected chi connectivity index (χ0v) is 24.6. The molecular weight excluding hydrogens is 546 g/mol. The summed E-state index contributed by atoms with van der Waals surface area (Å²) in [5.41, 5.74) is 0.484. The molecule has 222 valence electrons. The molecule has 0 radical (unpaired) electrons. The molecule has 43 heavy (non-hydrogen) atoms. The van der Waals surface area contributed by atoms with Crippen molar-refractivity contribution in [2.24, 2.45) is 11.8 Å². The van der Waals surface area contributed by atoms with Gasteiger partial charge in [0.15, 0.2) is 11.5 Å². The van der Waals surface area contributed by atoms with Crippen LogP contribution < -0.4 is 14.8 Å². The van der Waals surface area contributed by atoms with Crippen molar-refractivity contribution in [2.75, 3.05) is 7.11 Å². The lowest BCUT2D eigenvalue weighted by molar-refractivity contribution is -0.153. The van der Waals surface area contributed by atoms with Crippen LogP contribution in [0.3, 0.4) is 0 Å². The van der Waals surface area contributed by atoms with Crippen LogP contribution in [0.1, 0.15) is 43.5 Å². The van der Waals surface area contributed by atoms with E-state index in [4.69, 9.17) is 9.47 Å². The maximum atomic E-state index is 14.2. The maximum Gasteiger partial charge on any atom is 0.325 e. The van der Waals surface area contributed by atoms with Gasteiger partial charge in [0.1, 0.15) is 12.1 Å². The predicted molar refractivity (Wildman–Crippen MR) is 161 cm³/mol. The number of nitrogens with one attached hydrogen (secondary N) is 2. The fourth-order valence-corrected chi connectivity index (χ4v) is 6.77. The van der Waals surface area contributed by atoms with E-state index in [2.05, 4.69) is 10.3 Å². The molecule has 0 saturated carbocycles. The van der Waals surface area contributed by atoms with Crippen LogP contribution in [-0.2, 0) is 27.4 Å². The van der Waals surface area contributed by atoms with Gasteiger partial charge in [-0.2, -0.15) is 0 Å². The molecule has 3 heterocycles. The molecule has 0 bridgehead atoms. The highest BCUT2D eigenvalue weighted by molar-refractivity contribution is 6.10. The van der Waals surface area contributed by atoms with Crippen LogP contribution >= 0.6 is 0 Å². The molecule has 1 aromatic heterocycles. The maximum absolute atomic E-state index is 14.2. The Morgan fingerprint density at radius 2 is 1.70 bits per heavy atom. The monoisotopic (exact) mass is 581 g/mol. The molecule has 3 aromatic carbocycles. The standard InChI is InChI=1S/C34H35N3O6/c1-33(2,3)37-30(38)26-27(31(37)39)34(32(40)41,17-21-18-35-24-15-9-8-13-22(21)24)36-28(26)23-14-10-16-25(42-4)29(23)43-19-20-11-6-5-7-12-20/h5-16,18,26-28,35-36H,17,19H2,1-4H3,(H,40,41). The third-order valence-electron chi connectivity index (χ3n) is 8.64. The normalized spacial score (nSPS) is 23.5. The first-order chi connectivity index (χ1) is 20.6. The zero-order chi connectivity index (χ0) is 30.5. The summed E-state index contributed by atoms with van der Waals surface area (Å²) >= 11 is 0. The second kappa shape index (κ2) is 10.6. The predicted octanol–water partition coefficient (Wildman–Crippen LogP) is 4.87. The van der Waals surface area contributed by atoms with Crippen molar-refractivity contribution < 1.29 is 29.0 Å². The van der Waals surface area contributed by atoms with Gasteiger partial charge in [-0.15, -0.1) is 0 Å². The third kappa shape index (κ3) is 4.64. The minimum Gasteiger partial charge on any atom is -0.493 e. The molecule has 3 N–H and O–H groups in total. The summed E-state index contributed by atoms with van der Waals surface area (Å²) in [6.45, 7) is 5.59. The van der Waals surface area contributed by atoms with Crippen molar-refractivity contribution in [3.05, 3.63) is 95.7 Å². The first kappa shape index (κ1) is 28.5. The number of hydrogen-bond acceptors (Lipinski definition) is 6. The highest BCUT2D eigenvalue weighted by Crippen LogP contribution is 2.54. The minimum atomic E-state index is -1.77. The molecule has 2 saturated heterocycles. The van der Waals surface area contributed by atoms with E-state index in [1.54, 1.807) is 45.2 Å². The van der Waals surface area contributed by atoms with Gasteiger partial charge in [-0.25, -0.2) is 0 Å². The van der Waals surface area contributed by atoms with Gasteiger partial charge < -0.3 is 19.6 Å². The molecule has 0 spiro atoms. The van der Waals surface area contributed by atoms with Gasteiger partial charge in [0.05, 0.1) is 18.9 Å². The Bertz CT molecular complexity index is 1710. The number of likely N-dealkylation sites (tertiary alicyclic amines) is 1. The van der Waals surface area contributed by atoms with Crippen molar-refractivity contribution in [1.82, 2.24) is 15.2 Å².